The van der Waals surface area contributed by atoms with Crippen LogP contribution in [0.25, 0.3) is 16.9 Å². The van der Waals surface area contributed by atoms with E-state index in [0.717, 1.165) is 0 Å². The molecule has 0 atom stereocenters. The van der Waals surface area contributed by atoms with E-state index in [1.807, 2.05) is 10.8 Å². The molecule has 0 aliphatic carbocycles. The highest BCUT2D eigenvalue weighted by molar-refractivity contribution is 7.92. The van der Waals surface area contributed by atoms with Crippen LogP contribution in [-0.4, -0.2) is 24.1 Å². The molecule has 7 nitrogen and oxygen atoms in total. The lowest BCUT2D eigenvalue weighted by atomic mass is 10.2. The number of nitriles is 1. The second-order valence-electron chi connectivity index (χ2n) is 5.26. The first-order valence-corrected chi connectivity index (χ1v) is 9.80. The molecule has 0 aliphatic rings. The molecule has 1 N–H and O–H groups in total. The van der Waals surface area contributed by atoms with Gasteiger partial charge in [0.25, 0.3) is 15.9 Å². The van der Waals surface area contributed by atoms with Crippen molar-refractivity contribution in [3.63, 3.8) is 0 Å². The van der Waals surface area contributed by atoms with Crippen molar-refractivity contribution in [3.05, 3.63) is 70.2 Å². The van der Waals surface area contributed by atoms with Crippen LogP contribution in [0.5, 0.6) is 0 Å². The monoisotopic (exact) mass is 402 g/mol. The van der Waals surface area contributed by atoms with Crippen molar-refractivity contribution in [2.45, 2.75) is 0 Å². The quantitative estimate of drug-likeness (QED) is 0.707. The molecule has 1 amide bonds. The van der Waals surface area contributed by atoms with Crippen molar-refractivity contribution in [3.8, 4) is 23.0 Å². The summed E-state index contributed by atoms with van der Waals surface area (Å²) in [6, 6.07) is 10.4. The maximum atomic E-state index is 13.2. The predicted molar refractivity (Wildman–Crippen MR) is 98.1 cm³/mol. The van der Waals surface area contributed by atoms with E-state index in [1.54, 1.807) is 11.4 Å². The molecule has 0 saturated heterocycles. The molecule has 0 aliphatic heterocycles. The van der Waals surface area contributed by atoms with Crippen LogP contribution >= 0.6 is 11.3 Å². The number of carbonyl (C=O) groups is 1. The number of rotatable bonds is 5. The van der Waals surface area contributed by atoms with Crippen LogP contribution in [0.4, 0.5) is 4.39 Å². The zero-order chi connectivity index (χ0) is 19.6. The normalized spacial score (nSPS) is 11.0. The van der Waals surface area contributed by atoms with Gasteiger partial charge in [0.15, 0.2) is 5.69 Å². The van der Waals surface area contributed by atoms with E-state index >= 15 is 0 Å². The van der Waals surface area contributed by atoms with Crippen LogP contribution in [0.15, 0.2) is 53.8 Å². The molecular formula is C17H11FN4O3S2. The number of thiophene rings is 1. The molecule has 0 bridgehead atoms. The lowest BCUT2D eigenvalue weighted by Crippen LogP contribution is -2.29. The second kappa shape index (κ2) is 7.14. The number of hydrogen-bond acceptors (Lipinski definition) is 6. The summed E-state index contributed by atoms with van der Waals surface area (Å²) in [6.45, 7) is 3.12. The maximum Gasteiger partial charge on any atom is 0.285 e. The molecule has 0 fully saturated rings. The largest absolute Gasteiger partial charge is 0.285 e. The molecule has 10 heteroatoms. The van der Waals surface area contributed by atoms with Crippen LogP contribution in [0.3, 0.4) is 0 Å². The maximum absolute atomic E-state index is 13.2. The average Bonchev–Trinajstić information content (AvgIpc) is 3.29. The fourth-order valence-electron chi connectivity index (χ4n) is 2.23. The van der Waals surface area contributed by atoms with Crippen molar-refractivity contribution < 1.29 is 17.6 Å². The molecule has 0 radical (unpaired) electrons. The Morgan fingerprint density at radius 3 is 2.63 bits per heavy atom. The second-order valence-corrected chi connectivity index (χ2v) is 7.80. The summed E-state index contributed by atoms with van der Waals surface area (Å²) < 4.78 is 39.5. The first-order valence-electron chi connectivity index (χ1n) is 7.37. The van der Waals surface area contributed by atoms with E-state index in [1.165, 1.54) is 46.4 Å². The molecule has 2 aromatic heterocycles. The highest BCUT2D eigenvalue weighted by Gasteiger charge is 2.20. The van der Waals surface area contributed by atoms with Crippen molar-refractivity contribution in [2.75, 3.05) is 0 Å². The molecule has 3 rings (SSSR count). The molecule has 136 valence electrons. The van der Waals surface area contributed by atoms with E-state index in [9.17, 15) is 17.6 Å². The smallest absolute Gasteiger partial charge is 0.266 e. The number of carbonyl (C=O) groups excluding carboxylic acids is 1. The van der Waals surface area contributed by atoms with Gasteiger partial charge in [-0.05, 0) is 36.4 Å². The molecule has 0 saturated carbocycles. The third-order valence-electron chi connectivity index (χ3n) is 3.47. The number of hydrogen-bond donors (Lipinski definition) is 1. The summed E-state index contributed by atoms with van der Waals surface area (Å²) in [7, 11) is -3.98. The molecule has 3 aromatic rings. The Morgan fingerprint density at radius 2 is 2.04 bits per heavy atom. The molecule has 1 aromatic carbocycles. The standard InChI is InChI=1S/C17H11FN4O3S2/c1-2-27(24,25)21-17(23)15-8-16(11-7-14(9-19)26-10-11)22(20-15)13-5-3-12(18)4-6-13/h2-8,10H,1H2,(H,21,23). The van der Waals surface area contributed by atoms with Crippen LogP contribution in [0, 0.1) is 17.1 Å². The number of aromatic nitrogens is 2. The van der Waals surface area contributed by atoms with Gasteiger partial charge in [-0.3, -0.25) is 4.79 Å². The van der Waals surface area contributed by atoms with Gasteiger partial charge in [-0.15, -0.1) is 11.3 Å². The molecular weight excluding hydrogens is 391 g/mol. The molecule has 27 heavy (non-hydrogen) atoms. The van der Waals surface area contributed by atoms with Crippen molar-refractivity contribution in [2.24, 2.45) is 0 Å². The van der Waals surface area contributed by atoms with Crippen LogP contribution < -0.4 is 4.72 Å². The zero-order valence-electron chi connectivity index (χ0n) is 13.6. The third-order valence-corrected chi connectivity index (χ3v) is 5.22. The Morgan fingerprint density at radius 1 is 1.33 bits per heavy atom. The van der Waals surface area contributed by atoms with Crippen LogP contribution in [0.2, 0.25) is 0 Å². The first-order chi connectivity index (χ1) is 12.8. The van der Waals surface area contributed by atoms with E-state index in [2.05, 4.69) is 11.7 Å². The zero-order valence-corrected chi connectivity index (χ0v) is 15.2. The Kier molecular flexibility index (Phi) is 4.89. The number of nitrogens with one attached hydrogen (secondary N) is 1. The van der Waals surface area contributed by atoms with Gasteiger partial charge in [-0.25, -0.2) is 22.2 Å². The summed E-state index contributed by atoms with van der Waals surface area (Å²) in [5.41, 5.74) is 1.35. The Balaban J connectivity index is 2.11. The number of halogens is 1. The van der Waals surface area contributed by atoms with Gasteiger partial charge >= 0.3 is 0 Å². The Hall–Kier alpha value is -3.29. The number of nitrogens with zero attached hydrogens (tertiary/aromatic N) is 3. The lowest BCUT2D eigenvalue weighted by Gasteiger charge is -2.06. The predicted octanol–water partition coefficient (Wildman–Crippen LogP) is 2.81. The number of sulfonamides is 1. The van der Waals surface area contributed by atoms with Crippen molar-refractivity contribution in [1.82, 2.24) is 14.5 Å². The first kappa shape index (κ1) is 18.5. The summed E-state index contributed by atoms with van der Waals surface area (Å²) in [6.07, 6.45) is 0. The van der Waals surface area contributed by atoms with E-state index in [-0.39, 0.29) is 5.69 Å². The van der Waals surface area contributed by atoms with Crippen molar-refractivity contribution in [1.29, 1.82) is 5.26 Å². The number of amides is 1. The van der Waals surface area contributed by atoms with Gasteiger partial charge in [0, 0.05) is 16.4 Å². The summed E-state index contributed by atoms with van der Waals surface area (Å²) in [5, 5.41) is 15.5. The van der Waals surface area contributed by atoms with E-state index in [4.69, 9.17) is 5.26 Å². The highest BCUT2D eigenvalue weighted by Crippen LogP contribution is 2.28. The molecule has 0 unspecified atom stereocenters. The fourth-order valence-corrected chi connectivity index (χ4v) is 3.37. The summed E-state index contributed by atoms with van der Waals surface area (Å²) in [4.78, 5) is 12.7. The Labute approximate surface area is 158 Å². The SMILES string of the molecule is C=CS(=O)(=O)NC(=O)c1cc(-c2csc(C#N)c2)n(-c2ccc(F)cc2)n1. The summed E-state index contributed by atoms with van der Waals surface area (Å²) >= 11 is 1.21. The van der Waals surface area contributed by atoms with E-state index < -0.39 is 21.7 Å². The molecule has 0 spiro atoms. The average molecular weight is 402 g/mol. The van der Waals surface area contributed by atoms with Crippen molar-refractivity contribution >= 4 is 27.3 Å². The van der Waals surface area contributed by atoms with Gasteiger partial charge in [-0.2, -0.15) is 10.4 Å². The van der Waals surface area contributed by atoms with Crippen LogP contribution in [0.1, 0.15) is 15.4 Å². The van der Waals surface area contributed by atoms with Gasteiger partial charge in [-0.1, -0.05) is 6.58 Å². The van der Waals surface area contributed by atoms with Gasteiger partial charge < -0.3 is 0 Å². The summed E-state index contributed by atoms with van der Waals surface area (Å²) in [5.74, 6) is -1.38. The minimum atomic E-state index is -3.98. The number of benzene rings is 1. The van der Waals surface area contributed by atoms with Gasteiger partial charge in [0.05, 0.1) is 11.4 Å². The van der Waals surface area contributed by atoms with Gasteiger partial charge in [0.2, 0.25) is 0 Å². The Bertz CT molecular complexity index is 1170. The third kappa shape index (κ3) is 3.94. The molecule has 2 heterocycles. The fraction of sp³-hybridized carbons (Fsp3) is 0. The lowest BCUT2D eigenvalue weighted by molar-refractivity contribution is 0.0976. The van der Waals surface area contributed by atoms with Crippen LogP contribution in [-0.2, 0) is 10.0 Å². The van der Waals surface area contributed by atoms with E-state index in [0.29, 0.717) is 27.2 Å². The minimum Gasteiger partial charge on any atom is -0.266 e. The topological polar surface area (TPSA) is 105 Å². The minimum absolute atomic E-state index is 0.163. The highest BCUT2D eigenvalue weighted by atomic mass is 32.2. The van der Waals surface area contributed by atoms with Gasteiger partial charge in [0.1, 0.15) is 16.8 Å².